The summed E-state index contributed by atoms with van der Waals surface area (Å²) in [4.78, 5) is 17.2. The number of halogens is 4. The molecule has 4 nitrogen and oxygen atoms in total. The van der Waals surface area contributed by atoms with Gasteiger partial charge in [0.2, 0.25) is 5.91 Å². The zero-order valence-electron chi connectivity index (χ0n) is 11.9. The lowest BCUT2D eigenvalue weighted by Crippen LogP contribution is -2.37. The quantitative estimate of drug-likeness (QED) is 0.810. The van der Waals surface area contributed by atoms with E-state index >= 15 is 0 Å². The molecule has 1 unspecified atom stereocenters. The Bertz CT molecular complexity index is 536. The topological polar surface area (TPSA) is 51.2 Å². The first-order valence-electron chi connectivity index (χ1n) is 6.79. The molecule has 0 aromatic carbocycles. The highest BCUT2D eigenvalue weighted by Crippen LogP contribution is 2.32. The third-order valence-electron chi connectivity index (χ3n) is 3.24. The first kappa shape index (κ1) is 17.1. The molecule has 0 radical (unpaired) electrons. The molecule has 1 N–H and O–H groups in total. The minimum absolute atomic E-state index is 0.277. The number of carbonyl (C=O) groups excluding carboxylic acids is 1. The Labute approximate surface area is 128 Å². The first-order valence-corrected chi connectivity index (χ1v) is 7.60. The summed E-state index contributed by atoms with van der Waals surface area (Å²) in [6, 6.07) is -0.277. The van der Waals surface area contributed by atoms with Crippen LogP contribution in [-0.2, 0) is 16.0 Å². The minimum atomic E-state index is -4.25. The lowest BCUT2D eigenvalue weighted by atomic mass is 9.97. The Morgan fingerprint density at radius 2 is 2.27 bits per heavy atom. The second-order valence-corrected chi connectivity index (χ2v) is 6.40. The van der Waals surface area contributed by atoms with E-state index in [2.05, 4.69) is 15.0 Å². The molecule has 1 atom stereocenters. The number of hydrogen-bond donors (Lipinski definition) is 1. The largest absolute Gasteiger partial charge is 0.365 e. The molecule has 0 aliphatic heterocycles. The van der Waals surface area contributed by atoms with Gasteiger partial charge in [-0.3, -0.25) is 4.79 Å². The van der Waals surface area contributed by atoms with E-state index in [-0.39, 0.29) is 6.04 Å². The normalized spacial score (nSPS) is 18.4. The molecule has 1 aromatic heterocycles. The van der Waals surface area contributed by atoms with E-state index in [1.54, 1.807) is 11.3 Å². The number of alkyl halides is 4. The molecule has 0 bridgehead atoms. The van der Waals surface area contributed by atoms with Crippen molar-refractivity contribution in [2.75, 3.05) is 13.2 Å². The summed E-state index contributed by atoms with van der Waals surface area (Å²) in [5.41, 5.74) is 0.806. The summed E-state index contributed by atoms with van der Waals surface area (Å²) < 4.78 is 53.6. The van der Waals surface area contributed by atoms with Crippen LogP contribution in [0.4, 0.5) is 17.6 Å². The van der Waals surface area contributed by atoms with E-state index in [1.165, 1.54) is 0 Å². The van der Waals surface area contributed by atoms with Gasteiger partial charge in [-0.15, -0.1) is 11.3 Å². The number of rotatable bonds is 6. The maximum Gasteiger partial charge on any atom is 0.330 e. The van der Waals surface area contributed by atoms with Gasteiger partial charge in [-0.2, -0.15) is 8.78 Å². The average Bonchev–Trinajstić information content (AvgIpc) is 2.79. The summed E-state index contributed by atoms with van der Waals surface area (Å²) in [6.07, 6.45) is -1.31. The van der Waals surface area contributed by atoms with Gasteiger partial charge in [-0.1, -0.05) is 0 Å². The Balaban J connectivity index is 1.83. The van der Waals surface area contributed by atoms with Crippen molar-refractivity contribution >= 4 is 17.2 Å². The molecule has 1 aromatic rings. The molecule has 0 saturated carbocycles. The number of nitrogens with one attached hydrogen (secondary N) is 1. The van der Waals surface area contributed by atoms with Gasteiger partial charge in [-0.25, -0.2) is 13.8 Å². The van der Waals surface area contributed by atoms with Crippen LogP contribution in [0, 0.1) is 6.92 Å². The van der Waals surface area contributed by atoms with E-state index in [4.69, 9.17) is 0 Å². The number of ether oxygens (including phenoxy) is 1. The lowest BCUT2D eigenvalue weighted by molar-refractivity contribution is -0.168. The summed E-state index contributed by atoms with van der Waals surface area (Å²) in [7, 11) is 0. The summed E-state index contributed by atoms with van der Waals surface area (Å²) in [5, 5.41) is 3.55. The molecule has 1 aliphatic rings. The van der Waals surface area contributed by atoms with Crippen molar-refractivity contribution < 1.29 is 27.1 Å². The van der Waals surface area contributed by atoms with E-state index in [1.807, 2.05) is 6.92 Å². The van der Waals surface area contributed by atoms with Crippen LogP contribution >= 0.6 is 11.3 Å². The fourth-order valence-electron chi connectivity index (χ4n) is 2.26. The highest BCUT2D eigenvalue weighted by molar-refractivity contribution is 7.11. The maximum absolute atomic E-state index is 12.6. The number of amides is 1. The van der Waals surface area contributed by atoms with Crippen molar-refractivity contribution in [3.8, 4) is 0 Å². The van der Waals surface area contributed by atoms with Crippen molar-refractivity contribution in [2.45, 2.75) is 44.6 Å². The number of aromatic nitrogens is 1. The molecule has 1 amide bonds. The van der Waals surface area contributed by atoms with E-state index in [0.717, 1.165) is 28.4 Å². The van der Waals surface area contributed by atoms with Crippen LogP contribution in [0.15, 0.2) is 0 Å². The predicted molar refractivity (Wildman–Crippen MR) is 72.4 cm³/mol. The molecule has 1 heterocycles. The van der Waals surface area contributed by atoms with Gasteiger partial charge in [-0.05, 0) is 26.2 Å². The summed E-state index contributed by atoms with van der Waals surface area (Å²) >= 11 is 1.57. The highest BCUT2D eigenvalue weighted by atomic mass is 32.1. The molecule has 0 fully saturated rings. The second-order valence-electron chi connectivity index (χ2n) is 5.11. The molecule has 22 heavy (non-hydrogen) atoms. The van der Waals surface area contributed by atoms with Crippen molar-refractivity contribution in [2.24, 2.45) is 0 Å². The molecule has 1 aliphatic carbocycles. The average molecular weight is 340 g/mol. The molecular weight excluding hydrogens is 324 g/mol. The van der Waals surface area contributed by atoms with Crippen molar-refractivity contribution in [3.05, 3.63) is 15.6 Å². The fourth-order valence-corrected chi connectivity index (χ4v) is 3.30. The molecule has 124 valence electrons. The van der Waals surface area contributed by atoms with Crippen LogP contribution in [0.5, 0.6) is 0 Å². The Hall–Kier alpha value is -1.22. The van der Waals surface area contributed by atoms with E-state index < -0.39 is 31.5 Å². The molecule has 0 saturated heterocycles. The number of nitrogens with zero attached hydrogens (tertiary/aromatic N) is 1. The second kappa shape index (κ2) is 6.91. The number of aryl methyl sites for hydroxylation is 2. The van der Waals surface area contributed by atoms with Gasteiger partial charge in [0.05, 0.1) is 16.7 Å². The number of hydrogen-bond acceptors (Lipinski definition) is 4. The zero-order chi connectivity index (χ0) is 16.3. The fraction of sp³-hybridized carbons (Fsp3) is 0.692. The minimum Gasteiger partial charge on any atom is -0.365 e. The zero-order valence-corrected chi connectivity index (χ0v) is 12.7. The van der Waals surface area contributed by atoms with Gasteiger partial charge < -0.3 is 10.1 Å². The Kier molecular flexibility index (Phi) is 5.38. The number of fused-ring (bicyclic) bond motifs is 1. The Morgan fingerprint density at radius 3 is 2.95 bits per heavy atom. The summed E-state index contributed by atoms with van der Waals surface area (Å²) in [6.45, 7) is -0.293. The smallest absolute Gasteiger partial charge is 0.330 e. The molecule has 2 rings (SSSR count). The van der Waals surface area contributed by atoms with Gasteiger partial charge in [0.1, 0.15) is 13.2 Å². The van der Waals surface area contributed by atoms with Gasteiger partial charge in [0.25, 0.3) is 0 Å². The van der Waals surface area contributed by atoms with E-state index in [0.29, 0.717) is 6.42 Å². The van der Waals surface area contributed by atoms with Gasteiger partial charge in [0.15, 0.2) is 0 Å². The highest BCUT2D eigenvalue weighted by Gasteiger charge is 2.41. The summed E-state index contributed by atoms with van der Waals surface area (Å²) in [5.74, 6) is -4.86. The van der Waals surface area contributed by atoms with Crippen LogP contribution in [-0.4, -0.2) is 36.5 Å². The number of carbonyl (C=O) groups is 1. The monoisotopic (exact) mass is 340 g/mol. The lowest BCUT2D eigenvalue weighted by Gasteiger charge is -2.22. The van der Waals surface area contributed by atoms with Crippen LogP contribution in [0.3, 0.4) is 0 Å². The van der Waals surface area contributed by atoms with E-state index in [9.17, 15) is 22.4 Å². The van der Waals surface area contributed by atoms with Crippen LogP contribution in [0.2, 0.25) is 0 Å². The standard InChI is InChI=1S/C13H16F4N2O2S/c1-7-18-11-8(3-2-4-9(11)22-7)19-10(20)5-21-6-13(16,17)12(14)15/h8,12H,2-6H2,1H3,(H,19,20). The molecular formula is C13H16F4N2O2S. The van der Waals surface area contributed by atoms with Gasteiger partial charge >= 0.3 is 12.3 Å². The predicted octanol–water partition coefficient (Wildman–Crippen LogP) is 2.86. The van der Waals surface area contributed by atoms with Crippen LogP contribution in [0.1, 0.15) is 34.5 Å². The van der Waals surface area contributed by atoms with Crippen molar-refractivity contribution in [3.63, 3.8) is 0 Å². The maximum atomic E-state index is 12.6. The SMILES string of the molecule is Cc1nc2c(s1)CCCC2NC(=O)COCC(F)(F)C(F)F. The van der Waals surface area contributed by atoms with Crippen molar-refractivity contribution in [1.29, 1.82) is 0 Å². The molecule has 0 spiro atoms. The first-order chi connectivity index (χ1) is 10.3. The number of thiazole rings is 1. The van der Waals surface area contributed by atoms with Crippen LogP contribution < -0.4 is 5.32 Å². The third-order valence-corrected chi connectivity index (χ3v) is 4.29. The van der Waals surface area contributed by atoms with Crippen molar-refractivity contribution in [1.82, 2.24) is 10.3 Å². The Morgan fingerprint density at radius 1 is 1.55 bits per heavy atom. The molecule has 9 heteroatoms. The third kappa shape index (κ3) is 4.16. The van der Waals surface area contributed by atoms with Gasteiger partial charge in [0, 0.05) is 4.88 Å². The van der Waals surface area contributed by atoms with Crippen LogP contribution in [0.25, 0.3) is 0 Å².